The van der Waals surface area contributed by atoms with Crippen LogP contribution in [0.3, 0.4) is 0 Å². The first-order valence-electron chi connectivity index (χ1n) is 8.24. The second-order valence-electron chi connectivity index (χ2n) is 6.68. The van der Waals surface area contributed by atoms with Crippen molar-refractivity contribution in [3.05, 3.63) is 34.9 Å². The maximum atomic E-state index is 11.8. The SMILES string of the molecule is C[C@H](NC(=O)COC(=O)CCNC(=O)OC(C)(C)C)c1ccc(Cl)cc1. The van der Waals surface area contributed by atoms with Crippen LogP contribution >= 0.6 is 11.6 Å². The quantitative estimate of drug-likeness (QED) is 0.705. The number of rotatable bonds is 7. The molecule has 26 heavy (non-hydrogen) atoms. The van der Waals surface area contributed by atoms with Gasteiger partial charge < -0.3 is 20.1 Å². The van der Waals surface area contributed by atoms with Crippen molar-refractivity contribution in [3.63, 3.8) is 0 Å². The van der Waals surface area contributed by atoms with E-state index in [9.17, 15) is 14.4 Å². The summed E-state index contributed by atoms with van der Waals surface area (Å²) in [6, 6.07) is 6.84. The predicted octanol–water partition coefficient (Wildman–Crippen LogP) is 2.98. The highest BCUT2D eigenvalue weighted by Crippen LogP contribution is 2.15. The molecule has 7 nitrogen and oxygen atoms in total. The van der Waals surface area contributed by atoms with Gasteiger partial charge in [0.1, 0.15) is 5.60 Å². The Labute approximate surface area is 158 Å². The van der Waals surface area contributed by atoms with E-state index < -0.39 is 23.6 Å². The van der Waals surface area contributed by atoms with E-state index in [0.717, 1.165) is 5.56 Å². The molecule has 0 saturated carbocycles. The summed E-state index contributed by atoms with van der Waals surface area (Å²) in [5.74, 6) is -1.00. The summed E-state index contributed by atoms with van der Waals surface area (Å²) >= 11 is 5.82. The van der Waals surface area contributed by atoms with Gasteiger partial charge in [-0.2, -0.15) is 0 Å². The molecule has 0 unspecified atom stereocenters. The molecule has 0 spiro atoms. The number of carbonyl (C=O) groups excluding carboxylic acids is 3. The molecule has 1 aromatic carbocycles. The van der Waals surface area contributed by atoms with Crippen LogP contribution in [0.2, 0.25) is 5.02 Å². The molecule has 1 atom stereocenters. The Kier molecular flexibility index (Phi) is 8.38. The molecular weight excluding hydrogens is 360 g/mol. The van der Waals surface area contributed by atoms with Crippen molar-refractivity contribution in [3.8, 4) is 0 Å². The molecule has 0 saturated heterocycles. The van der Waals surface area contributed by atoms with Crippen LogP contribution < -0.4 is 10.6 Å². The van der Waals surface area contributed by atoms with Crippen molar-refractivity contribution < 1.29 is 23.9 Å². The normalized spacial score (nSPS) is 12.0. The second-order valence-corrected chi connectivity index (χ2v) is 7.12. The summed E-state index contributed by atoms with van der Waals surface area (Å²) in [6.45, 7) is 6.72. The zero-order chi connectivity index (χ0) is 19.7. The van der Waals surface area contributed by atoms with Gasteiger partial charge in [0, 0.05) is 11.6 Å². The molecule has 0 heterocycles. The third-order valence-electron chi connectivity index (χ3n) is 3.11. The molecule has 0 aliphatic rings. The number of carbonyl (C=O) groups is 3. The summed E-state index contributed by atoms with van der Waals surface area (Å²) in [6.07, 6.45) is -0.668. The lowest BCUT2D eigenvalue weighted by atomic mass is 10.1. The predicted molar refractivity (Wildman–Crippen MR) is 97.8 cm³/mol. The van der Waals surface area contributed by atoms with Gasteiger partial charge in [-0.1, -0.05) is 23.7 Å². The topological polar surface area (TPSA) is 93.7 Å². The molecule has 2 amide bonds. The van der Waals surface area contributed by atoms with Crippen LogP contribution in [-0.4, -0.2) is 36.7 Å². The number of esters is 1. The largest absolute Gasteiger partial charge is 0.456 e. The van der Waals surface area contributed by atoms with Gasteiger partial charge in [-0.25, -0.2) is 4.79 Å². The highest BCUT2D eigenvalue weighted by Gasteiger charge is 2.16. The maximum Gasteiger partial charge on any atom is 0.407 e. The summed E-state index contributed by atoms with van der Waals surface area (Å²) in [5, 5.41) is 5.78. The van der Waals surface area contributed by atoms with E-state index in [1.54, 1.807) is 32.9 Å². The Bertz CT molecular complexity index is 625. The lowest BCUT2D eigenvalue weighted by molar-refractivity contribution is -0.148. The minimum atomic E-state index is -0.611. The van der Waals surface area contributed by atoms with Gasteiger partial charge in [-0.05, 0) is 45.4 Å². The maximum absolute atomic E-state index is 11.8. The minimum absolute atomic E-state index is 0.0563. The molecule has 2 N–H and O–H groups in total. The summed E-state index contributed by atoms with van der Waals surface area (Å²) in [7, 11) is 0. The Morgan fingerprint density at radius 1 is 1.15 bits per heavy atom. The molecule has 0 bridgehead atoms. The fourth-order valence-corrected chi connectivity index (χ4v) is 2.04. The highest BCUT2D eigenvalue weighted by atomic mass is 35.5. The van der Waals surface area contributed by atoms with E-state index in [-0.39, 0.29) is 25.6 Å². The number of hydrogen-bond donors (Lipinski definition) is 2. The number of nitrogens with one attached hydrogen (secondary N) is 2. The molecule has 0 fully saturated rings. The Balaban J connectivity index is 2.24. The van der Waals surface area contributed by atoms with Crippen LogP contribution in [0.15, 0.2) is 24.3 Å². The first kappa shape index (κ1) is 21.8. The molecule has 0 radical (unpaired) electrons. The van der Waals surface area contributed by atoms with Gasteiger partial charge in [-0.15, -0.1) is 0 Å². The van der Waals surface area contributed by atoms with Gasteiger partial charge >= 0.3 is 12.1 Å². The smallest absolute Gasteiger partial charge is 0.407 e. The average Bonchev–Trinajstić information content (AvgIpc) is 2.51. The second kappa shape index (κ2) is 10.0. The highest BCUT2D eigenvalue weighted by molar-refractivity contribution is 6.30. The zero-order valence-corrected chi connectivity index (χ0v) is 16.2. The standard InChI is InChI=1S/C18H25ClN2O5/c1-12(13-5-7-14(19)8-6-13)21-15(22)11-25-16(23)9-10-20-17(24)26-18(2,3)4/h5-8,12H,9-11H2,1-4H3,(H,20,24)(H,21,22)/t12-/m0/s1. The number of hydrogen-bond acceptors (Lipinski definition) is 5. The first-order valence-corrected chi connectivity index (χ1v) is 8.62. The third-order valence-corrected chi connectivity index (χ3v) is 3.36. The molecular formula is C18H25ClN2O5. The van der Waals surface area contributed by atoms with Crippen molar-refractivity contribution in [2.45, 2.75) is 45.8 Å². The van der Waals surface area contributed by atoms with Crippen LogP contribution in [0.4, 0.5) is 4.79 Å². The number of alkyl carbamates (subject to hydrolysis) is 1. The van der Waals surface area contributed by atoms with Crippen LogP contribution in [-0.2, 0) is 19.1 Å². The number of benzene rings is 1. The monoisotopic (exact) mass is 384 g/mol. The van der Waals surface area contributed by atoms with E-state index in [0.29, 0.717) is 5.02 Å². The van der Waals surface area contributed by atoms with Crippen molar-refractivity contribution >= 4 is 29.6 Å². The van der Waals surface area contributed by atoms with E-state index in [1.165, 1.54) is 0 Å². The fourth-order valence-electron chi connectivity index (χ4n) is 1.92. The van der Waals surface area contributed by atoms with E-state index in [4.69, 9.17) is 21.1 Å². The van der Waals surface area contributed by atoms with Crippen molar-refractivity contribution in [1.29, 1.82) is 0 Å². The van der Waals surface area contributed by atoms with Gasteiger partial charge in [0.15, 0.2) is 6.61 Å². The molecule has 1 rings (SSSR count). The molecule has 1 aromatic rings. The van der Waals surface area contributed by atoms with Gasteiger partial charge in [0.25, 0.3) is 5.91 Å². The van der Waals surface area contributed by atoms with Crippen LogP contribution in [0.25, 0.3) is 0 Å². The third kappa shape index (κ3) is 9.27. The van der Waals surface area contributed by atoms with Crippen LogP contribution in [0, 0.1) is 0 Å². The van der Waals surface area contributed by atoms with Crippen molar-refractivity contribution in [1.82, 2.24) is 10.6 Å². The van der Waals surface area contributed by atoms with Gasteiger partial charge in [0.2, 0.25) is 0 Å². The Hall–Kier alpha value is -2.28. The van der Waals surface area contributed by atoms with Crippen LogP contribution in [0.5, 0.6) is 0 Å². The summed E-state index contributed by atoms with van der Waals surface area (Å²) in [4.78, 5) is 34.9. The number of ether oxygens (including phenoxy) is 2. The fraction of sp³-hybridized carbons (Fsp3) is 0.500. The Morgan fingerprint density at radius 2 is 1.77 bits per heavy atom. The average molecular weight is 385 g/mol. The van der Waals surface area contributed by atoms with Crippen molar-refractivity contribution in [2.24, 2.45) is 0 Å². The molecule has 0 aliphatic carbocycles. The van der Waals surface area contributed by atoms with Gasteiger partial charge in [0.05, 0.1) is 12.5 Å². The lowest BCUT2D eigenvalue weighted by Crippen LogP contribution is -2.34. The lowest BCUT2D eigenvalue weighted by Gasteiger charge is -2.19. The molecule has 0 aromatic heterocycles. The molecule has 0 aliphatic heterocycles. The van der Waals surface area contributed by atoms with Crippen molar-refractivity contribution in [2.75, 3.05) is 13.2 Å². The minimum Gasteiger partial charge on any atom is -0.456 e. The van der Waals surface area contributed by atoms with E-state index >= 15 is 0 Å². The number of halogens is 1. The summed E-state index contributed by atoms with van der Waals surface area (Å²) < 4.78 is 9.91. The first-order chi connectivity index (χ1) is 12.1. The molecule has 144 valence electrons. The zero-order valence-electron chi connectivity index (χ0n) is 15.4. The Morgan fingerprint density at radius 3 is 2.35 bits per heavy atom. The van der Waals surface area contributed by atoms with E-state index in [2.05, 4.69) is 10.6 Å². The molecule has 8 heteroatoms. The summed E-state index contributed by atoms with van der Waals surface area (Å²) in [5.41, 5.74) is 0.277. The van der Waals surface area contributed by atoms with Crippen LogP contribution in [0.1, 0.15) is 45.7 Å². The number of amides is 2. The van der Waals surface area contributed by atoms with Gasteiger partial charge in [-0.3, -0.25) is 9.59 Å². The van der Waals surface area contributed by atoms with E-state index in [1.807, 2.05) is 19.1 Å².